The summed E-state index contributed by atoms with van der Waals surface area (Å²) >= 11 is 2.90. The van der Waals surface area contributed by atoms with Crippen molar-refractivity contribution in [2.75, 3.05) is 17.8 Å². The van der Waals surface area contributed by atoms with Crippen molar-refractivity contribution in [1.82, 2.24) is 4.72 Å². The lowest BCUT2D eigenvalue weighted by Crippen LogP contribution is -2.30. The van der Waals surface area contributed by atoms with Crippen LogP contribution >= 0.6 is 15.9 Å². The van der Waals surface area contributed by atoms with Gasteiger partial charge in [-0.25, -0.2) is 13.1 Å². The van der Waals surface area contributed by atoms with Gasteiger partial charge in [0.05, 0.1) is 0 Å². The van der Waals surface area contributed by atoms with Gasteiger partial charge >= 0.3 is 0 Å². The van der Waals surface area contributed by atoms with Gasteiger partial charge in [0.1, 0.15) is 4.66 Å². The molecule has 0 aromatic rings. The molecule has 0 fully saturated rings. The van der Waals surface area contributed by atoms with Crippen LogP contribution in [-0.4, -0.2) is 31.3 Å². The van der Waals surface area contributed by atoms with Crippen molar-refractivity contribution >= 4 is 26.0 Å². The highest BCUT2D eigenvalue weighted by atomic mass is 79.9. The summed E-state index contributed by atoms with van der Waals surface area (Å²) in [6.45, 7) is 2.58. The van der Waals surface area contributed by atoms with E-state index >= 15 is 0 Å². The first-order valence-electron chi connectivity index (χ1n) is 4.70. The van der Waals surface area contributed by atoms with E-state index in [1.54, 1.807) is 0 Å². The highest BCUT2D eigenvalue weighted by Crippen LogP contribution is 2.09. The minimum absolute atomic E-state index is 0.0715. The van der Waals surface area contributed by atoms with Crippen molar-refractivity contribution in [3.05, 3.63) is 0 Å². The van der Waals surface area contributed by atoms with Crippen LogP contribution in [0.15, 0.2) is 0 Å². The largest absolute Gasteiger partial charge is 0.396 e. The Balaban J connectivity index is 3.92. The van der Waals surface area contributed by atoms with E-state index in [4.69, 9.17) is 5.11 Å². The Kier molecular flexibility index (Phi) is 7.81. The first-order chi connectivity index (χ1) is 6.55. The normalized spacial score (nSPS) is 14.2. The molecule has 0 heterocycles. The van der Waals surface area contributed by atoms with Crippen LogP contribution in [0.2, 0.25) is 0 Å². The van der Waals surface area contributed by atoms with E-state index in [1.165, 1.54) is 0 Å². The molecular weight excluding hydrogens is 270 g/mol. The number of halogens is 1. The molecule has 0 amide bonds. The summed E-state index contributed by atoms with van der Waals surface area (Å²) in [5.41, 5.74) is 0. The molecule has 0 radical (unpaired) electrons. The van der Waals surface area contributed by atoms with Gasteiger partial charge in [-0.15, -0.1) is 0 Å². The maximum atomic E-state index is 11.1. The van der Waals surface area contributed by atoms with E-state index < -0.39 is 10.0 Å². The fraction of sp³-hybridized carbons (Fsp3) is 1.00. The van der Waals surface area contributed by atoms with Crippen LogP contribution in [0.4, 0.5) is 0 Å². The van der Waals surface area contributed by atoms with E-state index in [9.17, 15) is 8.42 Å². The second-order valence-electron chi connectivity index (χ2n) is 3.24. The quantitative estimate of drug-likeness (QED) is 0.656. The SMILES string of the molecule is CCCC(CCO)CNS(=O)(=O)CBr. The monoisotopic (exact) mass is 287 g/mol. The van der Waals surface area contributed by atoms with Gasteiger partial charge in [0.2, 0.25) is 10.0 Å². The van der Waals surface area contributed by atoms with Crippen molar-refractivity contribution in [1.29, 1.82) is 0 Å². The summed E-state index contributed by atoms with van der Waals surface area (Å²) in [6, 6.07) is 0. The van der Waals surface area contributed by atoms with Gasteiger partial charge in [0.15, 0.2) is 0 Å². The minimum atomic E-state index is -3.17. The zero-order valence-electron chi connectivity index (χ0n) is 8.37. The summed E-state index contributed by atoms with van der Waals surface area (Å²) in [7, 11) is -3.17. The molecule has 0 spiro atoms. The van der Waals surface area contributed by atoms with Gasteiger partial charge in [-0.05, 0) is 18.8 Å². The molecule has 1 unspecified atom stereocenters. The Hall–Kier alpha value is 0.350. The third-order valence-corrected chi connectivity index (χ3v) is 4.67. The maximum Gasteiger partial charge on any atom is 0.221 e. The molecule has 86 valence electrons. The first kappa shape index (κ1) is 14.3. The summed E-state index contributed by atoms with van der Waals surface area (Å²) in [5.74, 6) is 0.235. The van der Waals surface area contributed by atoms with Gasteiger partial charge in [-0.1, -0.05) is 29.3 Å². The smallest absolute Gasteiger partial charge is 0.221 e. The van der Waals surface area contributed by atoms with Crippen molar-refractivity contribution in [3.63, 3.8) is 0 Å². The van der Waals surface area contributed by atoms with E-state index in [0.29, 0.717) is 13.0 Å². The number of rotatable bonds is 8. The summed E-state index contributed by atoms with van der Waals surface area (Å²) in [5, 5.41) is 8.76. The van der Waals surface area contributed by atoms with Gasteiger partial charge in [-0.2, -0.15) is 0 Å². The van der Waals surface area contributed by atoms with Crippen LogP contribution in [0.1, 0.15) is 26.2 Å². The number of hydrogen-bond acceptors (Lipinski definition) is 3. The second kappa shape index (κ2) is 7.62. The molecule has 0 rings (SSSR count). The molecule has 2 N–H and O–H groups in total. The summed E-state index contributed by atoms with van der Waals surface area (Å²) in [4.78, 5) is 0. The first-order valence-corrected chi connectivity index (χ1v) is 7.47. The van der Waals surface area contributed by atoms with Crippen LogP contribution in [0.25, 0.3) is 0 Å². The van der Waals surface area contributed by atoms with Crippen LogP contribution in [0.3, 0.4) is 0 Å². The number of alkyl halides is 1. The van der Waals surface area contributed by atoms with E-state index in [-0.39, 0.29) is 17.2 Å². The Morgan fingerprint density at radius 2 is 2.07 bits per heavy atom. The van der Waals surface area contributed by atoms with E-state index in [1.807, 2.05) is 6.92 Å². The maximum absolute atomic E-state index is 11.1. The number of aliphatic hydroxyl groups excluding tert-OH is 1. The number of aliphatic hydroxyl groups is 1. The summed E-state index contributed by atoms with van der Waals surface area (Å²) < 4.78 is 24.6. The Morgan fingerprint density at radius 3 is 2.50 bits per heavy atom. The van der Waals surface area contributed by atoms with Crippen molar-refractivity contribution in [2.24, 2.45) is 5.92 Å². The van der Waals surface area contributed by atoms with E-state index in [0.717, 1.165) is 12.8 Å². The van der Waals surface area contributed by atoms with Crippen molar-refractivity contribution < 1.29 is 13.5 Å². The molecular formula is C8H18BrNO3S. The lowest BCUT2D eigenvalue weighted by Gasteiger charge is -2.14. The number of hydrogen-bond donors (Lipinski definition) is 2. The third-order valence-electron chi connectivity index (χ3n) is 1.97. The molecule has 1 atom stereocenters. The highest BCUT2D eigenvalue weighted by Gasteiger charge is 2.12. The Morgan fingerprint density at radius 1 is 1.43 bits per heavy atom. The van der Waals surface area contributed by atoms with Gasteiger partial charge in [0.25, 0.3) is 0 Å². The average Bonchev–Trinajstić information content (AvgIpc) is 2.15. The number of sulfonamides is 1. The standard InChI is InChI=1S/C8H18BrNO3S/c1-2-3-8(4-5-11)6-10-14(12,13)7-9/h8,10-11H,2-7H2,1H3. The predicted molar refractivity (Wildman–Crippen MR) is 60.8 cm³/mol. The molecule has 0 aromatic carbocycles. The lowest BCUT2D eigenvalue weighted by molar-refractivity contribution is 0.251. The molecule has 0 aliphatic rings. The molecule has 0 aromatic heterocycles. The van der Waals surface area contributed by atoms with E-state index in [2.05, 4.69) is 20.7 Å². The Bertz CT molecular complexity index is 225. The van der Waals surface area contributed by atoms with Gasteiger partial charge in [0, 0.05) is 13.2 Å². The van der Waals surface area contributed by atoms with Crippen LogP contribution in [-0.2, 0) is 10.0 Å². The molecule has 0 aliphatic carbocycles. The summed E-state index contributed by atoms with van der Waals surface area (Å²) in [6.07, 6.45) is 2.59. The lowest BCUT2D eigenvalue weighted by atomic mass is 10.0. The second-order valence-corrected chi connectivity index (χ2v) is 6.35. The topological polar surface area (TPSA) is 66.4 Å². The molecule has 0 saturated heterocycles. The minimum Gasteiger partial charge on any atom is -0.396 e. The molecule has 0 aliphatic heterocycles. The predicted octanol–water partition coefficient (Wildman–Crippen LogP) is 1.06. The average molecular weight is 288 g/mol. The van der Waals surface area contributed by atoms with Crippen LogP contribution in [0.5, 0.6) is 0 Å². The van der Waals surface area contributed by atoms with Gasteiger partial charge in [-0.3, -0.25) is 0 Å². The van der Waals surface area contributed by atoms with Crippen molar-refractivity contribution in [2.45, 2.75) is 26.2 Å². The fourth-order valence-corrected chi connectivity index (χ4v) is 2.28. The van der Waals surface area contributed by atoms with Crippen molar-refractivity contribution in [3.8, 4) is 0 Å². The zero-order valence-corrected chi connectivity index (χ0v) is 10.8. The van der Waals surface area contributed by atoms with Gasteiger partial charge < -0.3 is 5.11 Å². The third kappa shape index (κ3) is 6.75. The molecule has 0 saturated carbocycles. The molecule has 14 heavy (non-hydrogen) atoms. The molecule has 0 bridgehead atoms. The van der Waals surface area contributed by atoms with Crippen LogP contribution < -0.4 is 4.72 Å². The zero-order chi connectivity index (χ0) is 11.0. The molecule has 4 nitrogen and oxygen atoms in total. The Labute approximate surface area is 94.3 Å². The van der Waals surface area contributed by atoms with Crippen LogP contribution in [0, 0.1) is 5.92 Å². The molecule has 6 heteroatoms. The highest BCUT2D eigenvalue weighted by molar-refractivity contribution is 9.10. The fourth-order valence-electron chi connectivity index (χ4n) is 1.22. The number of nitrogens with one attached hydrogen (secondary N) is 1.